The molecule has 0 aliphatic heterocycles. The predicted molar refractivity (Wildman–Crippen MR) is 112 cm³/mol. The Balaban J connectivity index is 1.52. The molecule has 0 bridgehead atoms. The van der Waals surface area contributed by atoms with Crippen molar-refractivity contribution in [3.63, 3.8) is 0 Å². The van der Waals surface area contributed by atoms with Gasteiger partial charge in [0.1, 0.15) is 5.76 Å². The second-order valence-corrected chi connectivity index (χ2v) is 6.39. The van der Waals surface area contributed by atoms with Crippen LogP contribution in [0, 0.1) is 10.1 Å². The SMILES string of the molecule is CCOC(=O)c1ccc(NC(=O)COC(=O)c2ccc(-c3ccc([N+](=O)[O-])cc3)o2)cc1. The third-order valence-electron chi connectivity index (χ3n) is 4.18. The first-order chi connectivity index (χ1) is 15.4. The number of nitrogens with zero attached hydrogens (tertiary/aromatic N) is 1. The summed E-state index contributed by atoms with van der Waals surface area (Å²) in [6.07, 6.45) is 0. The van der Waals surface area contributed by atoms with Gasteiger partial charge in [-0.1, -0.05) is 0 Å². The van der Waals surface area contributed by atoms with Crippen molar-refractivity contribution in [2.75, 3.05) is 18.5 Å². The van der Waals surface area contributed by atoms with Gasteiger partial charge in [-0.3, -0.25) is 14.9 Å². The highest BCUT2D eigenvalue weighted by Crippen LogP contribution is 2.24. The average Bonchev–Trinajstić information content (AvgIpc) is 3.28. The maximum atomic E-state index is 12.1. The standard InChI is InChI=1S/C22H18N2O8/c1-2-30-21(26)15-3-7-16(8-4-15)23-20(25)13-31-22(27)19-12-11-18(32-19)14-5-9-17(10-6-14)24(28)29/h3-12H,2,13H2,1H3,(H,23,25). The minimum atomic E-state index is -0.842. The van der Waals surface area contributed by atoms with E-state index in [1.807, 2.05) is 0 Å². The van der Waals surface area contributed by atoms with Crippen molar-refractivity contribution in [2.24, 2.45) is 0 Å². The lowest BCUT2D eigenvalue weighted by Crippen LogP contribution is -2.20. The Morgan fingerprint density at radius 1 is 0.938 bits per heavy atom. The van der Waals surface area contributed by atoms with Crippen LogP contribution in [0.5, 0.6) is 0 Å². The number of amides is 1. The fourth-order valence-electron chi connectivity index (χ4n) is 2.65. The lowest BCUT2D eigenvalue weighted by Gasteiger charge is -2.07. The molecule has 0 aliphatic rings. The van der Waals surface area contributed by atoms with Gasteiger partial charge in [-0.15, -0.1) is 0 Å². The number of non-ortho nitro benzene ring substituents is 1. The summed E-state index contributed by atoms with van der Waals surface area (Å²) in [4.78, 5) is 46.0. The summed E-state index contributed by atoms with van der Waals surface area (Å²) in [5, 5.41) is 13.3. The number of nitro groups is 1. The molecule has 0 radical (unpaired) electrons. The van der Waals surface area contributed by atoms with Gasteiger partial charge in [0.05, 0.1) is 17.1 Å². The van der Waals surface area contributed by atoms with Crippen molar-refractivity contribution in [1.29, 1.82) is 0 Å². The van der Waals surface area contributed by atoms with E-state index in [1.165, 1.54) is 60.7 Å². The smallest absolute Gasteiger partial charge is 0.374 e. The Bertz CT molecular complexity index is 1130. The monoisotopic (exact) mass is 438 g/mol. The topological polar surface area (TPSA) is 138 Å². The Hall–Kier alpha value is -4.47. The van der Waals surface area contributed by atoms with Gasteiger partial charge in [-0.25, -0.2) is 9.59 Å². The zero-order valence-electron chi connectivity index (χ0n) is 16.9. The maximum absolute atomic E-state index is 12.1. The summed E-state index contributed by atoms with van der Waals surface area (Å²) in [6.45, 7) is 1.41. The molecule has 3 rings (SSSR count). The average molecular weight is 438 g/mol. The van der Waals surface area contributed by atoms with Crippen LogP contribution >= 0.6 is 0 Å². The van der Waals surface area contributed by atoms with Crippen molar-refractivity contribution in [2.45, 2.75) is 6.92 Å². The van der Waals surface area contributed by atoms with Crippen molar-refractivity contribution in [3.05, 3.63) is 82.1 Å². The number of furan rings is 1. The van der Waals surface area contributed by atoms with Crippen LogP contribution in [-0.4, -0.2) is 36.0 Å². The number of carbonyl (C=O) groups is 3. The summed E-state index contributed by atoms with van der Waals surface area (Å²) in [5.74, 6) is -1.69. The molecule has 10 heteroatoms. The van der Waals surface area contributed by atoms with E-state index in [0.717, 1.165) is 0 Å². The fraction of sp³-hybridized carbons (Fsp3) is 0.136. The van der Waals surface area contributed by atoms with Crippen LogP contribution in [0.1, 0.15) is 27.8 Å². The van der Waals surface area contributed by atoms with Crippen molar-refractivity contribution < 1.29 is 33.2 Å². The fourth-order valence-corrected chi connectivity index (χ4v) is 2.65. The molecule has 32 heavy (non-hydrogen) atoms. The molecule has 164 valence electrons. The molecule has 0 spiro atoms. The van der Waals surface area contributed by atoms with E-state index < -0.39 is 29.4 Å². The quantitative estimate of drug-likeness (QED) is 0.318. The molecule has 1 aromatic heterocycles. The Morgan fingerprint density at radius 3 is 2.25 bits per heavy atom. The van der Waals surface area contributed by atoms with Gasteiger partial charge in [0, 0.05) is 23.4 Å². The van der Waals surface area contributed by atoms with Crippen molar-refractivity contribution in [3.8, 4) is 11.3 Å². The van der Waals surface area contributed by atoms with Gasteiger partial charge in [0.25, 0.3) is 11.6 Å². The summed E-state index contributed by atoms with van der Waals surface area (Å²) >= 11 is 0. The van der Waals surface area contributed by atoms with Gasteiger partial charge in [0.2, 0.25) is 5.76 Å². The second-order valence-electron chi connectivity index (χ2n) is 6.39. The van der Waals surface area contributed by atoms with Crippen LogP contribution in [0.2, 0.25) is 0 Å². The number of rotatable bonds is 8. The zero-order chi connectivity index (χ0) is 23.1. The lowest BCUT2D eigenvalue weighted by molar-refractivity contribution is -0.384. The third-order valence-corrected chi connectivity index (χ3v) is 4.18. The predicted octanol–water partition coefficient (Wildman–Crippen LogP) is 3.83. The first-order valence-electron chi connectivity index (χ1n) is 9.46. The van der Waals surface area contributed by atoms with E-state index in [9.17, 15) is 24.5 Å². The minimum Gasteiger partial charge on any atom is -0.462 e. The molecular formula is C22H18N2O8. The highest BCUT2D eigenvalue weighted by atomic mass is 16.6. The highest BCUT2D eigenvalue weighted by Gasteiger charge is 2.16. The Kier molecular flexibility index (Phi) is 6.96. The van der Waals surface area contributed by atoms with Gasteiger partial charge in [0.15, 0.2) is 6.61 Å². The van der Waals surface area contributed by atoms with Crippen molar-refractivity contribution >= 4 is 29.2 Å². The third kappa shape index (κ3) is 5.57. The van der Waals surface area contributed by atoms with E-state index in [-0.39, 0.29) is 18.1 Å². The first kappa shape index (κ1) is 22.2. The largest absolute Gasteiger partial charge is 0.462 e. The Labute approximate surface area is 181 Å². The van der Waals surface area contributed by atoms with Crippen LogP contribution in [0.25, 0.3) is 11.3 Å². The normalized spacial score (nSPS) is 10.3. The van der Waals surface area contributed by atoms with Gasteiger partial charge in [-0.05, 0) is 55.5 Å². The number of hydrogen-bond acceptors (Lipinski definition) is 8. The van der Waals surface area contributed by atoms with Gasteiger partial charge < -0.3 is 19.2 Å². The zero-order valence-corrected chi connectivity index (χ0v) is 16.9. The molecule has 0 saturated carbocycles. The second kappa shape index (κ2) is 10.0. The molecule has 0 saturated heterocycles. The minimum absolute atomic E-state index is 0.0681. The van der Waals surface area contributed by atoms with Gasteiger partial charge >= 0.3 is 11.9 Å². The molecule has 0 atom stereocenters. The molecule has 0 unspecified atom stereocenters. The van der Waals surface area contributed by atoms with Crippen LogP contribution in [0.15, 0.2) is 65.1 Å². The van der Waals surface area contributed by atoms with E-state index in [0.29, 0.717) is 22.6 Å². The van der Waals surface area contributed by atoms with E-state index in [2.05, 4.69) is 5.32 Å². The molecule has 3 aromatic rings. The summed E-state index contributed by atoms with van der Waals surface area (Å²) in [5.41, 5.74) is 1.23. The molecule has 10 nitrogen and oxygen atoms in total. The lowest BCUT2D eigenvalue weighted by atomic mass is 10.1. The van der Waals surface area contributed by atoms with Crippen LogP contribution in [0.4, 0.5) is 11.4 Å². The number of esters is 2. The molecule has 2 aromatic carbocycles. The number of hydrogen-bond donors (Lipinski definition) is 1. The van der Waals surface area contributed by atoms with Crippen LogP contribution in [0.3, 0.4) is 0 Å². The van der Waals surface area contributed by atoms with Crippen LogP contribution in [-0.2, 0) is 14.3 Å². The van der Waals surface area contributed by atoms with E-state index in [1.54, 1.807) is 6.92 Å². The van der Waals surface area contributed by atoms with E-state index in [4.69, 9.17) is 13.9 Å². The summed E-state index contributed by atoms with van der Waals surface area (Å²) < 4.78 is 15.2. The number of nitrogens with one attached hydrogen (secondary N) is 1. The van der Waals surface area contributed by atoms with Gasteiger partial charge in [-0.2, -0.15) is 0 Å². The highest BCUT2D eigenvalue weighted by molar-refractivity contribution is 5.95. The number of carbonyl (C=O) groups excluding carboxylic acids is 3. The Morgan fingerprint density at radius 2 is 1.62 bits per heavy atom. The number of anilines is 1. The van der Waals surface area contributed by atoms with E-state index >= 15 is 0 Å². The maximum Gasteiger partial charge on any atom is 0.374 e. The summed E-state index contributed by atoms with van der Waals surface area (Å²) in [6, 6.07) is 14.6. The van der Waals surface area contributed by atoms with Crippen molar-refractivity contribution in [1.82, 2.24) is 0 Å². The number of nitro benzene ring substituents is 1. The molecule has 1 heterocycles. The molecular weight excluding hydrogens is 420 g/mol. The number of benzene rings is 2. The van der Waals surface area contributed by atoms with Crippen LogP contribution < -0.4 is 5.32 Å². The number of ether oxygens (including phenoxy) is 2. The molecule has 0 fully saturated rings. The summed E-state index contributed by atoms with van der Waals surface area (Å²) in [7, 11) is 0. The first-order valence-corrected chi connectivity index (χ1v) is 9.46. The molecule has 0 aliphatic carbocycles. The molecule has 1 amide bonds. The molecule has 1 N–H and O–H groups in total.